The molecule has 0 amide bonds. The Morgan fingerprint density at radius 2 is 1.87 bits per heavy atom. The molecule has 2 aromatic heterocycles. The average Bonchev–Trinajstić information content (AvgIpc) is 2.28. The molecule has 0 unspecified atom stereocenters. The third kappa shape index (κ3) is 1.54. The van der Waals surface area contributed by atoms with Crippen molar-refractivity contribution < 1.29 is 9.53 Å². The van der Waals surface area contributed by atoms with Gasteiger partial charge in [-0.05, 0) is 24.6 Å². The van der Waals surface area contributed by atoms with E-state index in [1.54, 1.807) is 18.5 Å². The number of nitrogens with zero attached hydrogens (tertiary/aromatic N) is 2. The molecule has 4 nitrogen and oxygen atoms in total. The Bertz CT molecular complexity index is 523. The second-order valence-corrected chi connectivity index (χ2v) is 3.18. The number of aromatic nitrogens is 2. The molecule has 0 bridgehead atoms. The largest absolute Gasteiger partial charge is 0.465 e. The Morgan fingerprint density at radius 1 is 1.20 bits per heavy atom. The van der Waals surface area contributed by atoms with Gasteiger partial charge in [-0.25, -0.2) is 4.79 Å². The lowest BCUT2D eigenvalue weighted by Gasteiger charge is -2.04. The molecule has 0 N–H and O–H groups in total. The number of hydrogen-bond acceptors (Lipinski definition) is 4. The number of methoxy groups -OCH3 is 1. The summed E-state index contributed by atoms with van der Waals surface area (Å²) in [6.45, 7) is 1.93. The van der Waals surface area contributed by atoms with Crippen molar-refractivity contribution in [3.8, 4) is 0 Å². The van der Waals surface area contributed by atoms with Crippen molar-refractivity contribution in [1.82, 2.24) is 9.97 Å². The van der Waals surface area contributed by atoms with E-state index in [0.717, 1.165) is 11.1 Å². The summed E-state index contributed by atoms with van der Waals surface area (Å²) >= 11 is 0. The topological polar surface area (TPSA) is 52.1 Å². The normalized spacial score (nSPS) is 10.3. The molecule has 2 aromatic rings. The SMILES string of the molecule is COC(=O)c1ccnc2c(C)ccnc12. The van der Waals surface area contributed by atoms with Gasteiger partial charge in [0.2, 0.25) is 0 Å². The molecule has 0 aliphatic heterocycles. The molecule has 4 heteroatoms. The number of rotatable bonds is 1. The Hall–Kier alpha value is -1.97. The molecule has 0 radical (unpaired) electrons. The van der Waals surface area contributed by atoms with Gasteiger partial charge >= 0.3 is 5.97 Å². The van der Waals surface area contributed by atoms with Gasteiger partial charge in [0.15, 0.2) is 0 Å². The summed E-state index contributed by atoms with van der Waals surface area (Å²) in [5.41, 5.74) is 2.77. The number of carbonyl (C=O) groups is 1. The molecule has 0 atom stereocenters. The fourth-order valence-electron chi connectivity index (χ4n) is 1.45. The van der Waals surface area contributed by atoms with E-state index in [9.17, 15) is 4.79 Å². The van der Waals surface area contributed by atoms with Crippen molar-refractivity contribution in [1.29, 1.82) is 0 Å². The van der Waals surface area contributed by atoms with Crippen molar-refractivity contribution in [2.75, 3.05) is 7.11 Å². The van der Waals surface area contributed by atoms with E-state index in [1.807, 2.05) is 13.0 Å². The molecular formula is C11H10N2O2. The monoisotopic (exact) mass is 202 g/mol. The number of pyridine rings is 2. The van der Waals surface area contributed by atoms with Crippen molar-refractivity contribution in [3.05, 3.63) is 35.7 Å². The molecule has 0 fully saturated rings. The summed E-state index contributed by atoms with van der Waals surface area (Å²) < 4.78 is 4.68. The number of carbonyl (C=O) groups excluding carboxylic acids is 1. The fourth-order valence-corrected chi connectivity index (χ4v) is 1.45. The van der Waals surface area contributed by atoms with E-state index in [4.69, 9.17) is 0 Å². The molecule has 0 spiro atoms. The molecule has 0 aliphatic carbocycles. The van der Waals surface area contributed by atoms with Crippen molar-refractivity contribution in [2.45, 2.75) is 6.92 Å². The van der Waals surface area contributed by atoms with Crippen LogP contribution in [0.5, 0.6) is 0 Å². The lowest BCUT2D eigenvalue weighted by atomic mass is 10.1. The second kappa shape index (κ2) is 3.65. The van der Waals surface area contributed by atoms with E-state index >= 15 is 0 Å². The number of aryl methyl sites for hydroxylation is 1. The highest BCUT2D eigenvalue weighted by atomic mass is 16.5. The molecule has 0 saturated carbocycles. The van der Waals surface area contributed by atoms with Crippen LogP contribution in [0.15, 0.2) is 24.5 Å². The fraction of sp³-hybridized carbons (Fsp3) is 0.182. The number of fused-ring (bicyclic) bond motifs is 1. The summed E-state index contributed by atoms with van der Waals surface area (Å²) in [4.78, 5) is 19.8. The van der Waals surface area contributed by atoms with Gasteiger partial charge in [-0.2, -0.15) is 0 Å². The van der Waals surface area contributed by atoms with Crippen molar-refractivity contribution >= 4 is 17.0 Å². The molecule has 2 rings (SSSR count). The van der Waals surface area contributed by atoms with Crippen LogP contribution >= 0.6 is 0 Å². The molecule has 76 valence electrons. The Balaban J connectivity index is 2.77. The first-order chi connectivity index (χ1) is 7.24. The molecular weight excluding hydrogens is 192 g/mol. The Kier molecular flexibility index (Phi) is 2.33. The average molecular weight is 202 g/mol. The van der Waals surface area contributed by atoms with Crippen LogP contribution < -0.4 is 0 Å². The van der Waals surface area contributed by atoms with Gasteiger partial charge in [-0.3, -0.25) is 9.97 Å². The Labute approximate surface area is 86.9 Å². The zero-order valence-electron chi connectivity index (χ0n) is 8.52. The van der Waals surface area contributed by atoms with Crippen LogP contribution in [-0.2, 0) is 4.74 Å². The van der Waals surface area contributed by atoms with Gasteiger partial charge in [0, 0.05) is 12.4 Å². The van der Waals surface area contributed by atoms with E-state index < -0.39 is 0 Å². The predicted octanol–water partition coefficient (Wildman–Crippen LogP) is 1.72. The zero-order chi connectivity index (χ0) is 10.8. The minimum absolute atomic E-state index is 0.388. The first-order valence-electron chi connectivity index (χ1n) is 4.52. The highest BCUT2D eigenvalue weighted by Gasteiger charge is 2.12. The van der Waals surface area contributed by atoms with Gasteiger partial charge in [0.05, 0.1) is 18.2 Å². The third-order valence-electron chi connectivity index (χ3n) is 2.23. The van der Waals surface area contributed by atoms with E-state index in [1.165, 1.54) is 7.11 Å². The maximum absolute atomic E-state index is 11.4. The van der Waals surface area contributed by atoms with Crippen LogP contribution in [0.2, 0.25) is 0 Å². The van der Waals surface area contributed by atoms with Crippen molar-refractivity contribution in [2.24, 2.45) is 0 Å². The minimum Gasteiger partial charge on any atom is -0.465 e. The van der Waals surface area contributed by atoms with Gasteiger partial charge < -0.3 is 4.74 Å². The standard InChI is InChI=1S/C11H10N2O2/c1-7-3-5-13-10-8(11(14)15-2)4-6-12-9(7)10/h3-6H,1-2H3. The van der Waals surface area contributed by atoms with Gasteiger partial charge in [-0.1, -0.05) is 0 Å². The molecule has 0 aromatic carbocycles. The van der Waals surface area contributed by atoms with E-state index in [2.05, 4.69) is 14.7 Å². The maximum Gasteiger partial charge on any atom is 0.340 e. The summed E-state index contributed by atoms with van der Waals surface area (Å²) in [5, 5.41) is 0. The van der Waals surface area contributed by atoms with Crippen LogP contribution in [-0.4, -0.2) is 23.0 Å². The first kappa shape index (κ1) is 9.58. The Morgan fingerprint density at radius 3 is 2.60 bits per heavy atom. The van der Waals surface area contributed by atoms with E-state index in [-0.39, 0.29) is 5.97 Å². The van der Waals surface area contributed by atoms with Gasteiger partial charge in [0.25, 0.3) is 0 Å². The van der Waals surface area contributed by atoms with Gasteiger partial charge in [0.1, 0.15) is 5.52 Å². The first-order valence-corrected chi connectivity index (χ1v) is 4.52. The zero-order valence-corrected chi connectivity index (χ0v) is 8.52. The minimum atomic E-state index is -0.388. The summed E-state index contributed by atoms with van der Waals surface area (Å²) in [6, 6.07) is 3.47. The van der Waals surface area contributed by atoms with E-state index in [0.29, 0.717) is 11.1 Å². The summed E-state index contributed by atoms with van der Waals surface area (Å²) in [7, 11) is 1.35. The van der Waals surface area contributed by atoms with Crippen LogP contribution in [0.3, 0.4) is 0 Å². The second-order valence-electron chi connectivity index (χ2n) is 3.18. The number of esters is 1. The summed E-state index contributed by atoms with van der Waals surface area (Å²) in [5.74, 6) is -0.388. The van der Waals surface area contributed by atoms with Crippen LogP contribution in [0.1, 0.15) is 15.9 Å². The highest BCUT2D eigenvalue weighted by molar-refractivity contribution is 6.01. The predicted molar refractivity (Wildman–Crippen MR) is 55.6 cm³/mol. The van der Waals surface area contributed by atoms with Gasteiger partial charge in [-0.15, -0.1) is 0 Å². The molecule has 2 heterocycles. The molecule has 15 heavy (non-hydrogen) atoms. The lowest BCUT2D eigenvalue weighted by molar-refractivity contribution is 0.0602. The number of ether oxygens (including phenoxy) is 1. The lowest BCUT2D eigenvalue weighted by Crippen LogP contribution is -2.04. The maximum atomic E-state index is 11.4. The third-order valence-corrected chi connectivity index (χ3v) is 2.23. The smallest absolute Gasteiger partial charge is 0.340 e. The molecule has 0 saturated heterocycles. The molecule has 0 aliphatic rings. The number of hydrogen-bond donors (Lipinski definition) is 0. The van der Waals surface area contributed by atoms with Crippen LogP contribution in [0.25, 0.3) is 11.0 Å². The quantitative estimate of drug-likeness (QED) is 0.661. The van der Waals surface area contributed by atoms with Crippen molar-refractivity contribution in [3.63, 3.8) is 0 Å². The van der Waals surface area contributed by atoms with Crippen LogP contribution in [0, 0.1) is 6.92 Å². The van der Waals surface area contributed by atoms with Crippen LogP contribution in [0.4, 0.5) is 0 Å². The summed E-state index contributed by atoms with van der Waals surface area (Å²) in [6.07, 6.45) is 3.25. The highest BCUT2D eigenvalue weighted by Crippen LogP contribution is 2.17.